The Bertz CT molecular complexity index is 1050. The van der Waals surface area contributed by atoms with E-state index < -0.39 is 17.9 Å². The number of carbonyl (C=O) groups is 2. The van der Waals surface area contributed by atoms with Gasteiger partial charge in [0.15, 0.2) is 17.3 Å². The van der Waals surface area contributed by atoms with Gasteiger partial charge in [-0.05, 0) is 30.5 Å². The number of Topliss-reactive ketones (excluding diaryl/α,β-unsaturated/α-hetero) is 1. The highest BCUT2D eigenvalue weighted by Crippen LogP contribution is 2.46. The summed E-state index contributed by atoms with van der Waals surface area (Å²) in [4.78, 5) is 26.0. The van der Waals surface area contributed by atoms with Gasteiger partial charge in [0.1, 0.15) is 5.92 Å². The number of carbonyl (C=O) groups excluding carboxylic acids is 2. The quantitative estimate of drug-likeness (QED) is 0.527. The van der Waals surface area contributed by atoms with Gasteiger partial charge in [0.2, 0.25) is 0 Å². The third kappa shape index (κ3) is 3.16. The topological polar surface area (TPSA) is 96.9 Å². The van der Waals surface area contributed by atoms with Gasteiger partial charge in [0, 0.05) is 16.8 Å². The maximum Gasteiger partial charge on any atom is 0.316 e. The Hall–Kier alpha value is -3.48. The van der Waals surface area contributed by atoms with Crippen LogP contribution in [0, 0.1) is 11.8 Å². The van der Waals surface area contributed by atoms with Crippen molar-refractivity contribution in [2.75, 3.05) is 24.9 Å². The fourth-order valence-electron chi connectivity index (χ4n) is 4.30. The molecule has 0 saturated heterocycles. The van der Waals surface area contributed by atoms with Crippen molar-refractivity contribution in [3.8, 4) is 11.5 Å². The van der Waals surface area contributed by atoms with Crippen LogP contribution in [0.1, 0.15) is 24.9 Å². The van der Waals surface area contributed by atoms with Gasteiger partial charge >= 0.3 is 5.97 Å². The number of ketones is 1. The number of anilines is 2. The number of esters is 1. The Labute approximate surface area is 174 Å². The minimum atomic E-state index is -0.895. The van der Waals surface area contributed by atoms with Crippen molar-refractivity contribution in [3.05, 3.63) is 59.3 Å². The molecule has 0 amide bonds. The van der Waals surface area contributed by atoms with Gasteiger partial charge < -0.3 is 25.2 Å². The molecule has 0 bridgehead atoms. The van der Waals surface area contributed by atoms with Crippen molar-refractivity contribution in [2.45, 2.75) is 19.4 Å². The van der Waals surface area contributed by atoms with Crippen LogP contribution in [0.4, 0.5) is 11.4 Å². The molecule has 4 rings (SSSR count). The largest absolute Gasteiger partial charge is 0.504 e. The lowest BCUT2D eigenvalue weighted by molar-refractivity contribution is -0.151. The van der Waals surface area contributed by atoms with Crippen LogP contribution < -0.4 is 15.4 Å². The Kier molecular flexibility index (Phi) is 5.11. The highest BCUT2D eigenvalue weighted by Gasteiger charge is 2.44. The Morgan fingerprint density at radius 1 is 1.10 bits per heavy atom. The number of allylic oxidation sites excluding steroid dienone is 1. The molecule has 0 aromatic heterocycles. The predicted octanol–water partition coefficient (Wildman–Crippen LogP) is 3.63. The Morgan fingerprint density at radius 2 is 1.83 bits per heavy atom. The highest BCUT2D eigenvalue weighted by atomic mass is 16.5. The summed E-state index contributed by atoms with van der Waals surface area (Å²) in [5, 5.41) is 17.6. The molecule has 0 saturated carbocycles. The molecular weight excluding hydrogens is 384 g/mol. The molecule has 30 heavy (non-hydrogen) atoms. The van der Waals surface area contributed by atoms with Gasteiger partial charge in [0.05, 0.1) is 31.6 Å². The summed E-state index contributed by atoms with van der Waals surface area (Å²) in [6.07, 6.45) is 0.498. The number of phenols is 1. The van der Waals surface area contributed by atoms with Gasteiger partial charge in [-0.25, -0.2) is 0 Å². The minimum Gasteiger partial charge on any atom is -0.504 e. The highest BCUT2D eigenvalue weighted by molar-refractivity contribution is 6.11. The fourth-order valence-corrected chi connectivity index (χ4v) is 4.30. The van der Waals surface area contributed by atoms with Crippen LogP contribution in [0.15, 0.2) is 53.7 Å². The number of para-hydroxylation sites is 3. The van der Waals surface area contributed by atoms with E-state index in [4.69, 9.17) is 9.47 Å². The lowest BCUT2D eigenvalue weighted by Gasteiger charge is -2.32. The number of hydrogen-bond acceptors (Lipinski definition) is 7. The number of nitrogens with one attached hydrogen (secondary N) is 2. The molecule has 7 heteroatoms. The molecule has 3 atom stereocenters. The first-order valence-electron chi connectivity index (χ1n) is 9.79. The second kappa shape index (κ2) is 7.74. The molecule has 1 aliphatic heterocycles. The minimum absolute atomic E-state index is 0.0511. The first-order valence-corrected chi connectivity index (χ1v) is 9.79. The van der Waals surface area contributed by atoms with Gasteiger partial charge in [-0.2, -0.15) is 0 Å². The summed E-state index contributed by atoms with van der Waals surface area (Å²) >= 11 is 0. The third-order valence-corrected chi connectivity index (χ3v) is 5.79. The van der Waals surface area contributed by atoms with E-state index in [9.17, 15) is 14.7 Å². The Morgan fingerprint density at radius 3 is 2.53 bits per heavy atom. The molecular formula is C23H24N2O5. The van der Waals surface area contributed by atoms with Gasteiger partial charge in [-0.3, -0.25) is 9.59 Å². The molecule has 2 aromatic carbocycles. The molecule has 2 aromatic rings. The van der Waals surface area contributed by atoms with E-state index in [1.807, 2.05) is 31.2 Å². The normalized spacial score (nSPS) is 22.8. The molecule has 1 heterocycles. The number of rotatable bonds is 3. The lowest BCUT2D eigenvalue weighted by Crippen LogP contribution is -2.39. The van der Waals surface area contributed by atoms with Crippen molar-refractivity contribution in [1.29, 1.82) is 0 Å². The fraction of sp³-hybridized carbons (Fsp3) is 0.304. The average molecular weight is 408 g/mol. The first-order chi connectivity index (χ1) is 14.5. The van der Waals surface area contributed by atoms with Gasteiger partial charge in [0.25, 0.3) is 0 Å². The molecule has 0 unspecified atom stereocenters. The molecule has 2 aliphatic rings. The van der Waals surface area contributed by atoms with E-state index in [1.165, 1.54) is 14.2 Å². The van der Waals surface area contributed by atoms with Crippen molar-refractivity contribution >= 4 is 23.1 Å². The Balaban J connectivity index is 1.91. The third-order valence-electron chi connectivity index (χ3n) is 5.79. The van der Waals surface area contributed by atoms with Crippen molar-refractivity contribution in [1.82, 2.24) is 0 Å². The van der Waals surface area contributed by atoms with Crippen LogP contribution in [0.3, 0.4) is 0 Å². The number of ether oxygens (including phenoxy) is 2. The van der Waals surface area contributed by atoms with Crippen LogP contribution in [-0.2, 0) is 14.3 Å². The van der Waals surface area contributed by atoms with E-state index in [2.05, 4.69) is 10.6 Å². The lowest BCUT2D eigenvalue weighted by atomic mass is 9.74. The molecule has 0 fully saturated rings. The molecule has 1 aliphatic carbocycles. The second-order valence-corrected chi connectivity index (χ2v) is 7.58. The number of phenolic OH excluding ortho intramolecular Hbond substituents is 1. The van der Waals surface area contributed by atoms with Gasteiger partial charge in [-0.15, -0.1) is 0 Å². The summed E-state index contributed by atoms with van der Waals surface area (Å²) in [6, 6.07) is 12.1. The summed E-state index contributed by atoms with van der Waals surface area (Å²) < 4.78 is 10.2. The maximum absolute atomic E-state index is 13.6. The molecule has 7 nitrogen and oxygen atoms in total. The van der Waals surface area contributed by atoms with Crippen LogP contribution >= 0.6 is 0 Å². The van der Waals surface area contributed by atoms with E-state index in [-0.39, 0.29) is 17.5 Å². The van der Waals surface area contributed by atoms with E-state index >= 15 is 0 Å². The predicted molar refractivity (Wildman–Crippen MR) is 112 cm³/mol. The van der Waals surface area contributed by atoms with Crippen molar-refractivity contribution in [2.24, 2.45) is 11.8 Å². The molecule has 0 spiro atoms. The van der Waals surface area contributed by atoms with Crippen LogP contribution in [0.25, 0.3) is 0 Å². The maximum atomic E-state index is 13.6. The number of aromatic hydroxyl groups is 1. The monoisotopic (exact) mass is 408 g/mol. The van der Waals surface area contributed by atoms with Crippen molar-refractivity contribution in [3.63, 3.8) is 0 Å². The standard InChI is InChI=1S/C23H24N2O5/c1-12-11-16-19(22(27)18(12)23(28)30-3)20(13-7-6-10-17(29-2)21(13)26)25-15-9-5-4-8-14(15)24-16/h4-10,12,18,20,24-26H,11H2,1-3H3/t12-,18+,20-/m0/s1. The number of fused-ring (bicyclic) bond motifs is 1. The van der Waals surface area contributed by atoms with Crippen molar-refractivity contribution < 1.29 is 24.2 Å². The average Bonchev–Trinajstić information content (AvgIpc) is 2.90. The van der Waals surface area contributed by atoms with E-state index in [0.717, 1.165) is 17.1 Å². The summed E-state index contributed by atoms with van der Waals surface area (Å²) in [5.74, 6) is -1.72. The molecule has 3 N–H and O–H groups in total. The summed E-state index contributed by atoms with van der Waals surface area (Å²) in [7, 11) is 2.76. The number of hydrogen-bond donors (Lipinski definition) is 3. The van der Waals surface area contributed by atoms with Crippen LogP contribution in [-0.4, -0.2) is 31.1 Å². The van der Waals surface area contributed by atoms with E-state index in [1.54, 1.807) is 18.2 Å². The molecule has 156 valence electrons. The van der Waals surface area contributed by atoms with Crippen LogP contribution in [0.2, 0.25) is 0 Å². The zero-order valence-corrected chi connectivity index (χ0v) is 17.1. The molecule has 0 radical (unpaired) electrons. The SMILES string of the molecule is COC(=O)[C@H]1C(=O)C2=C(C[C@@H]1C)Nc1ccccc1N[C@H]2c1cccc(OC)c1O. The zero-order chi connectivity index (χ0) is 21.4. The summed E-state index contributed by atoms with van der Waals surface area (Å²) in [5.41, 5.74) is 3.26. The van der Waals surface area contributed by atoms with Crippen LogP contribution in [0.5, 0.6) is 11.5 Å². The summed E-state index contributed by atoms with van der Waals surface area (Å²) in [6.45, 7) is 1.87. The number of benzene rings is 2. The first kappa shape index (κ1) is 19.8. The number of methoxy groups -OCH3 is 2. The smallest absolute Gasteiger partial charge is 0.316 e. The van der Waals surface area contributed by atoms with E-state index in [0.29, 0.717) is 23.3 Å². The second-order valence-electron chi connectivity index (χ2n) is 7.58. The zero-order valence-electron chi connectivity index (χ0n) is 17.1. The van der Waals surface area contributed by atoms with Gasteiger partial charge in [-0.1, -0.05) is 31.2 Å².